The zero-order valence-corrected chi connectivity index (χ0v) is 19.8. The van der Waals surface area contributed by atoms with Crippen molar-refractivity contribution in [3.05, 3.63) is 0 Å². The molecule has 0 aromatic heterocycles. The fourth-order valence-corrected chi connectivity index (χ4v) is 5.71. The summed E-state index contributed by atoms with van der Waals surface area (Å²) in [6.07, 6.45) is 2.64. The number of hydrogen-bond acceptors (Lipinski definition) is 4. The summed E-state index contributed by atoms with van der Waals surface area (Å²) in [5.74, 6) is 0. The molecule has 4 heteroatoms. The molecule has 2 saturated heterocycles. The molecule has 2 rings (SSSR count). The van der Waals surface area contributed by atoms with Crippen LogP contribution in [0.25, 0.3) is 0 Å². The summed E-state index contributed by atoms with van der Waals surface area (Å²) in [4.78, 5) is 10.8. The summed E-state index contributed by atoms with van der Waals surface area (Å²) in [5.41, 5.74) is 0. The highest BCUT2D eigenvalue weighted by atomic mass is 15.3. The van der Waals surface area contributed by atoms with E-state index in [0.29, 0.717) is 42.3 Å². The third-order valence-corrected chi connectivity index (χ3v) is 7.24. The Morgan fingerprint density at radius 1 is 0.630 bits per heavy atom. The normalized spacial score (nSPS) is 32.3. The van der Waals surface area contributed by atoms with Crippen LogP contribution < -0.4 is 0 Å². The lowest BCUT2D eigenvalue weighted by atomic mass is 9.99. The molecule has 0 amide bonds. The fraction of sp³-hybridized carbons (Fsp3) is 1.00. The number of piperazine rings is 2. The van der Waals surface area contributed by atoms with Crippen LogP contribution in [0.3, 0.4) is 0 Å². The molecule has 2 heterocycles. The molecule has 0 aliphatic carbocycles. The third kappa shape index (κ3) is 5.91. The SMILES string of the molecule is CC(C)N1CCN(C(C)CCC(C)N2C[C@H](C)N(C(C)C)[C@@H](C)C2)[C@@H](C)C1. The van der Waals surface area contributed by atoms with E-state index >= 15 is 0 Å². The average molecular weight is 381 g/mol. The van der Waals surface area contributed by atoms with Crippen LogP contribution in [0.4, 0.5) is 0 Å². The number of hydrogen-bond donors (Lipinski definition) is 0. The molecule has 2 fully saturated rings. The van der Waals surface area contributed by atoms with Crippen LogP contribution >= 0.6 is 0 Å². The number of nitrogens with zero attached hydrogens (tertiary/aromatic N) is 4. The topological polar surface area (TPSA) is 13.0 Å². The van der Waals surface area contributed by atoms with Gasteiger partial charge in [0.05, 0.1) is 0 Å². The monoisotopic (exact) mass is 380 g/mol. The second kappa shape index (κ2) is 10.0. The molecule has 5 atom stereocenters. The van der Waals surface area contributed by atoms with E-state index in [1.807, 2.05) is 0 Å². The van der Waals surface area contributed by atoms with Gasteiger partial charge in [-0.25, -0.2) is 0 Å². The molecule has 27 heavy (non-hydrogen) atoms. The highest BCUT2D eigenvalue weighted by Crippen LogP contribution is 2.23. The van der Waals surface area contributed by atoms with Gasteiger partial charge in [-0.05, 0) is 75.2 Å². The smallest absolute Gasteiger partial charge is 0.0201 e. The van der Waals surface area contributed by atoms with Crippen molar-refractivity contribution >= 4 is 0 Å². The molecular formula is C23H48N4. The van der Waals surface area contributed by atoms with E-state index in [1.54, 1.807) is 0 Å². The Bertz CT molecular complexity index is 426. The van der Waals surface area contributed by atoms with Crippen molar-refractivity contribution in [1.82, 2.24) is 19.6 Å². The van der Waals surface area contributed by atoms with Crippen LogP contribution in [0.5, 0.6) is 0 Å². The molecule has 160 valence electrons. The van der Waals surface area contributed by atoms with E-state index in [2.05, 4.69) is 81.9 Å². The molecular weight excluding hydrogens is 332 g/mol. The predicted octanol–water partition coefficient (Wildman–Crippen LogP) is 3.76. The Kier molecular flexibility index (Phi) is 8.60. The van der Waals surface area contributed by atoms with Crippen molar-refractivity contribution < 1.29 is 0 Å². The zero-order valence-electron chi connectivity index (χ0n) is 19.8. The first-order valence-electron chi connectivity index (χ1n) is 11.6. The van der Waals surface area contributed by atoms with Gasteiger partial charge in [0, 0.05) is 75.0 Å². The predicted molar refractivity (Wildman–Crippen MR) is 119 cm³/mol. The Labute approximate surface area is 170 Å². The highest BCUT2D eigenvalue weighted by molar-refractivity contribution is 4.89. The van der Waals surface area contributed by atoms with Gasteiger partial charge in [0.15, 0.2) is 0 Å². The van der Waals surface area contributed by atoms with Crippen molar-refractivity contribution in [3.8, 4) is 0 Å². The van der Waals surface area contributed by atoms with E-state index in [4.69, 9.17) is 0 Å². The first-order chi connectivity index (χ1) is 12.6. The van der Waals surface area contributed by atoms with Gasteiger partial charge in [-0.15, -0.1) is 0 Å². The van der Waals surface area contributed by atoms with Crippen LogP contribution in [0.15, 0.2) is 0 Å². The quantitative estimate of drug-likeness (QED) is 0.666. The van der Waals surface area contributed by atoms with Gasteiger partial charge < -0.3 is 0 Å². The summed E-state index contributed by atoms with van der Waals surface area (Å²) in [7, 11) is 0. The van der Waals surface area contributed by atoms with Crippen molar-refractivity contribution in [1.29, 1.82) is 0 Å². The fourth-order valence-electron chi connectivity index (χ4n) is 5.71. The summed E-state index contributed by atoms with van der Waals surface area (Å²) in [6, 6.07) is 4.73. The summed E-state index contributed by atoms with van der Waals surface area (Å²) < 4.78 is 0. The Balaban J connectivity index is 1.81. The molecule has 0 saturated carbocycles. The molecule has 0 N–H and O–H groups in total. The molecule has 4 nitrogen and oxygen atoms in total. The Morgan fingerprint density at radius 3 is 1.63 bits per heavy atom. The lowest BCUT2D eigenvalue weighted by Crippen LogP contribution is -2.60. The molecule has 0 aromatic carbocycles. The van der Waals surface area contributed by atoms with Gasteiger partial charge in [0.2, 0.25) is 0 Å². The van der Waals surface area contributed by atoms with E-state index < -0.39 is 0 Å². The minimum atomic E-state index is 0.651. The van der Waals surface area contributed by atoms with Gasteiger partial charge in [-0.2, -0.15) is 0 Å². The maximum absolute atomic E-state index is 2.76. The maximum atomic E-state index is 2.76. The highest BCUT2D eigenvalue weighted by Gasteiger charge is 2.33. The van der Waals surface area contributed by atoms with Gasteiger partial charge in [0.25, 0.3) is 0 Å². The maximum Gasteiger partial charge on any atom is 0.0201 e. The summed E-state index contributed by atoms with van der Waals surface area (Å²) >= 11 is 0. The van der Waals surface area contributed by atoms with Crippen LogP contribution in [0.2, 0.25) is 0 Å². The van der Waals surface area contributed by atoms with E-state index in [1.165, 1.54) is 45.6 Å². The second-order valence-corrected chi connectivity index (χ2v) is 10.1. The van der Waals surface area contributed by atoms with Crippen molar-refractivity contribution in [2.75, 3.05) is 32.7 Å². The lowest BCUT2D eigenvalue weighted by Gasteiger charge is -2.49. The van der Waals surface area contributed by atoms with Gasteiger partial charge in [-0.1, -0.05) is 0 Å². The van der Waals surface area contributed by atoms with E-state index in [9.17, 15) is 0 Å². The lowest BCUT2D eigenvalue weighted by molar-refractivity contribution is -0.00445. The minimum Gasteiger partial charge on any atom is -0.298 e. The molecule has 2 aliphatic rings. The molecule has 0 spiro atoms. The van der Waals surface area contributed by atoms with Crippen molar-refractivity contribution in [2.24, 2.45) is 0 Å². The van der Waals surface area contributed by atoms with Crippen molar-refractivity contribution in [3.63, 3.8) is 0 Å². The number of rotatable bonds is 7. The van der Waals surface area contributed by atoms with Crippen molar-refractivity contribution in [2.45, 2.75) is 117 Å². The van der Waals surface area contributed by atoms with E-state index in [-0.39, 0.29) is 0 Å². The van der Waals surface area contributed by atoms with Crippen LogP contribution in [-0.2, 0) is 0 Å². The molecule has 2 aliphatic heterocycles. The Morgan fingerprint density at radius 2 is 1.15 bits per heavy atom. The van der Waals surface area contributed by atoms with E-state index in [0.717, 1.165) is 0 Å². The zero-order chi connectivity index (χ0) is 20.3. The Hall–Kier alpha value is -0.160. The van der Waals surface area contributed by atoms with Gasteiger partial charge in [-0.3, -0.25) is 19.6 Å². The first-order valence-corrected chi connectivity index (χ1v) is 11.6. The first kappa shape index (κ1) is 23.1. The molecule has 2 unspecified atom stereocenters. The molecule has 0 radical (unpaired) electrons. The second-order valence-electron chi connectivity index (χ2n) is 10.1. The summed E-state index contributed by atoms with van der Waals surface area (Å²) in [6.45, 7) is 27.6. The van der Waals surface area contributed by atoms with Crippen LogP contribution in [-0.4, -0.2) is 94.6 Å². The standard InChI is InChI=1S/C23H48N4/c1-17(2)24-12-13-26(21(7)14-24)20(6)11-10-19(5)25-15-22(8)27(18(3)4)23(9)16-25/h17-23H,10-16H2,1-9H3/t19?,20?,21-,22-,23-/m0/s1. The average Bonchev–Trinajstić information content (AvgIpc) is 2.58. The van der Waals surface area contributed by atoms with Gasteiger partial charge in [0.1, 0.15) is 0 Å². The molecule has 0 bridgehead atoms. The largest absolute Gasteiger partial charge is 0.298 e. The van der Waals surface area contributed by atoms with Crippen LogP contribution in [0, 0.1) is 0 Å². The third-order valence-electron chi connectivity index (χ3n) is 7.24. The summed E-state index contributed by atoms with van der Waals surface area (Å²) in [5, 5.41) is 0. The van der Waals surface area contributed by atoms with Crippen LogP contribution in [0.1, 0.15) is 75.2 Å². The molecule has 0 aromatic rings. The van der Waals surface area contributed by atoms with Gasteiger partial charge >= 0.3 is 0 Å². The minimum absolute atomic E-state index is 0.651.